The number of hydrogen-bond acceptors (Lipinski definition) is 2. The second kappa shape index (κ2) is 13.8. The average molecular weight is 432 g/mol. The molecule has 0 saturated carbocycles. The maximum Gasteiger partial charge on any atom is 0.265 e. The summed E-state index contributed by atoms with van der Waals surface area (Å²) in [6, 6.07) is 5.98. The van der Waals surface area contributed by atoms with Gasteiger partial charge in [0, 0.05) is 12.9 Å². The summed E-state index contributed by atoms with van der Waals surface area (Å²) in [6.07, 6.45) is 13.1. The fourth-order valence-corrected chi connectivity index (χ4v) is 10.4. The van der Waals surface area contributed by atoms with Crippen molar-refractivity contribution in [3.05, 3.63) is 28.8 Å². The Labute approximate surface area is 186 Å². The van der Waals surface area contributed by atoms with Gasteiger partial charge in [-0.15, -0.1) is 0 Å². The van der Waals surface area contributed by atoms with E-state index in [0.717, 1.165) is 29.7 Å². The number of anilines is 1. The van der Waals surface area contributed by atoms with Gasteiger partial charge in [-0.25, -0.2) is 0 Å². The molecule has 30 heavy (non-hydrogen) atoms. The van der Waals surface area contributed by atoms with Crippen molar-refractivity contribution in [3.8, 4) is 6.07 Å². The molecule has 1 rings (SSSR count). The molecule has 3 nitrogen and oxygen atoms in total. The highest BCUT2D eigenvalue weighted by molar-refractivity contribution is 7.77. The first-order valence-electron chi connectivity index (χ1n) is 12.1. The Morgan fingerprint density at radius 3 is 1.77 bits per heavy atom. The number of nitriles is 1. The van der Waals surface area contributed by atoms with E-state index in [9.17, 15) is 10.1 Å². The van der Waals surface area contributed by atoms with Crippen LogP contribution in [0.2, 0.25) is 0 Å². The first-order chi connectivity index (χ1) is 14.4. The normalized spacial score (nSPS) is 12.4. The van der Waals surface area contributed by atoms with Crippen LogP contribution in [0.15, 0.2) is 12.1 Å². The molecule has 1 aromatic rings. The minimum atomic E-state index is -1.38. The third-order valence-corrected chi connectivity index (χ3v) is 11.7. The number of carbonyl (C=O) groups excluding carboxylic acids is 1. The molecule has 0 radical (unpaired) electrons. The van der Waals surface area contributed by atoms with E-state index in [2.05, 4.69) is 39.1 Å². The van der Waals surface area contributed by atoms with Crippen LogP contribution in [0.1, 0.15) is 95.8 Å². The lowest BCUT2D eigenvalue weighted by atomic mass is 10.0. The van der Waals surface area contributed by atoms with E-state index in [1.54, 1.807) is 0 Å². The molecule has 1 aromatic carbocycles. The number of nitrogens with zero attached hydrogens (tertiary/aromatic N) is 1. The summed E-state index contributed by atoms with van der Waals surface area (Å²) < 4.78 is 0. The lowest BCUT2D eigenvalue weighted by Gasteiger charge is -2.35. The van der Waals surface area contributed by atoms with Crippen LogP contribution >= 0.6 is 7.26 Å². The van der Waals surface area contributed by atoms with Crippen molar-refractivity contribution >= 4 is 18.9 Å². The minimum absolute atomic E-state index is 0.154. The van der Waals surface area contributed by atoms with Crippen molar-refractivity contribution in [1.29, 1.82) is 5.26 Å². The van der Waals surface area contributed by atoms with Crippen LogP contribution in [-0.4, -0.2) is 30.1 Å². The second-order valence-corrected chi connectivity index (χ2v) is 13.2. The lowest BCUT2D eigenvalue weighted by Crippen LogP contribution is -2.34. The molecular formula is C26H44N2OP+. The van der Waals surface area contributed by atoms with E-state index in [0.29, 0.717) is 5.56 Å². The fraction of sp³-hybridized carbons (Fsp3) is 0.692. The number of amides is 1. The summed E-state index contributed by atoms with van der Waals surface area (Å²) >= 11 is 0. The number of rotatable bonds is 14. The van der Waals surface area contributed by atoms with E-state index >= 15 is 0 Å². The van der Waals surface area contributed by atoms with Crippen LogP contribution in [0, 0.1) is 25.2 Å². The van der Waals surface area contributed by atoms with Crippen molar-refractivity contribution in [3.63, 3.8) is 0 Å². The van der Waals surface area contributed by atoms with Crippen LogP contribution < -0.4 is 5.32 Å². The van der Waals surface area contributed by atoms with Crippen molar-refractivity contribution in [1.82, 2.24) is 0 Å². The molecule has 0 aliphatic rings. The highest BCUT2D eigenvalue weighted by Gasteiger charge is 2.47. The number of unbranched alkanes of at least 4 members (excludes halogenated alkanes) is 3. The fourth-order valence-electron chi connectivity index (χ4n) is 4.58. The molecule has 1 unspecified atom stereocenters. The third kappa shape index (κ3) is 7.39. The predicted molar refractivity (Wildman–Crippen MR) is 134 cm³/mol. The lowest BCUT2D eigenvalue weighted by molar-refractivity contribution is -0.116. The zero-order valence-corrected chi connectivity index (χ0v) is 21.2. The molecule has 1 amide bonds. The van der Waals surface area contributed by atoms with Crippen LogP contribution in [0.3, 0.4) is 0 Å². The molecule has 0 saturated heterocycles. The van der Waals surface area contributed by atoms with Gasteiger partial charge in [-0.2, -0.15) is 5.26 Å². The highest BCUT2D eigenvalue weighted by atomic mass is 31.2. The first kappa shape index (κ1) is 26.6. The number of hydrogen-bond donors (Lipinski definition) is 1. The molecule has 0 aliphatic heterocycles. The maximum absolute atomic E-state index is 13.7. The molecule has 168 valence electrons. The number of carbonyl (C=O) groups is 1. The smallest absolute Gasteiger partial charge is 0.265 e. The van der Waals surface area contributed by atoms with Crippen molar-refractivity contribution in [2.45, 2.75) is 98.6 Å². The topological polar surface area (TPSA) is 52.9 Å². The highest BCUT2D eigenvalue weighted by Crippen LogP contribution is 2.66. The van der Waals surface area contributed by atoms with Crippen molar-refractivity contribution in [2.75, 3.05) is 23.8 Å². The standard InChI is InChI=1S/C26H43N2OP/c1-7-11-15-30(16-12-8-2,17-13-9-3)24(14-10-4)26(29)28-25-21(5)18-23(20-27)19-22(25)6/h18-19,24H,7-17H2,1-6H3/p+1. The van der Waals surface area contributed by atoms with E-state index in [-0.39, 0.29) is 11.6 Å². The van der Waals surface area contributed by atoms with Crippen LogP contribution in [0.4, 0.5) is 5.69 Å². The van der Waals surface area contributed by atoms with Gasteiger partial charge in [0.2, 0.25) is 0 Å². The van der Waals surface area contributed by atoms with Gasteiger partial charge in [0.1, 0.15) is 5.66 Å². The summed E-state index contributed by atoms with van der Waals surface area (Å²) in [7, 11) is -1.38. The summed E-state index contributed by atoms with van der Waals surface area (Å²) in [6.45, 7) is 13.0. The van der Waals surface area contributed by atoms with E-state index in [1.807, 2.05) is 26.0 Å². The van der Waals surface area contributed by atoms with Gasteiger partial charge in [-0.1, -0.05) is 53.4 Å². The summed E-state index contributed by atoms with van der Waals surface area (Å²) in [5.74, 6) is 0.226. The molecule has 0 heterocycles. The van der Waals surface area contributed by atoms with Gasteiger partial charge < -0.3 is 5.32 Å². The number of aryl methyl sites for hydroxylation is 2. The van der Waals surface area contributed by atoms with Crippen molar-refractivity contribution < 1.29 is 4.79 Å². The minimum Gasteiger partial charge on any atom is -0.322 e. The molecular weight excluding hydrogens is 387 g/mol. The zero-order chi connectivity index (χ0) is 22.6. The molecule has 0 bridgehead atoms. The zero-order valence-electron chi connectivity index (χ0n) is 20.3. The quantitative estimate of drug-likeness (QED) is 0.307. The Hall–Kier alpha value is -1.39. The van der Waals surface area contributed by atoms with Gasteiger partial charge >= 0.3 is 0 Å². The average Bonchev–Trinajstić information content (AvgIpc) is 2.74. The van der Waals surface area contributed by atoms with Gasteiger partial charge in [-0.05, 0) is 62.8 Å². The van der Waals surface area contributed by atoms with Gasteiger partial charge in [0.25, 0.3) is 5.91 Å². The molecule has 0 fully saturated rings. The van der Waals surface area contributed by atoms with E-state index in [4.69, 9.17) is 0 Å². The Morgan fingerprint density at radius 2 is 1.40 bits per heavy atom. The largest absolute Gasteiger partial charge is 0.322 e. The second-order valence-electron chi connectivity index (χ2n) is 8.84. The number of nitrogens with one attached hydrogen (secondary N) is 1. The molecule has 0 aliphatic carbocycles. The van der Waals surface area contributed by atoms with Crippen LogP contribution in [-0.2, 0) is 4.79 Å². The van der Waals surface area contributed by atoms with Crippen molar-refractivity contribution in [2.24, 2.45) is 0 Å². The Bertz CT molecular complexity index is 663. The Kier molecular flexibility index (Phi) is 12.3. The molecule has 0 spiro atoms. The molecule has 1 N–H and O–H groups in total. The maximum atomic E-state index is 13.7. The Morgan fingerprint density at radius 1 is 0.933 bits per heavy atom. The number of benzene rings is 1. The van der Waals surface area contributed by atoms with E-state index < -0.39 is 7.26 Å². The first-order valence-corrected chi connectivity index (χ1v) is 14.5. The summed E-state index contributed by atoms with van der Waals surface area (Å²) in [4.78, 5) is 13.7. The summed E-state index contributed by atoms with van der Waals surface area (Å²) in [5.41, 5.74) is 3.68. The van der Waals surface area contributed by atoms with Gasteiger partial charge in [0.15, 0.2) is 0 Å². The van der Waals surface area contributed by atoms with Crippen LogP contribution in [0.25, 0.3) is 0 Å². The predicted octanol–water partition coefficient (Wildman–Crippen LogP) is 7.70. The van der Waals surface area contributed by atoms with Gasteiger partial charge in [0.05, 0.1) is 30.1 Å². The molecule has 0 aromatic heterocycles. The molecule has 4 heteroatoms. The van der Waals surface area contributed by atoms with E-state index in [1.165, 1.54) is 57.0 Å². The SMILES string of the molecule is CCCC[P+](CCCC)(CCCC)C(CCC)C(=O)Nc1c(C)cc(C#N)cc1C. The summed E-state index contributed by atoms with van der Waals surface area (Å²) in [5, 5.41) is 12.6. The Balaban J connectivity index is 3.30. The molecule has 1 atom stereocenters. The van der Waals surface area contributed by atoms with Crippen LogP contribution in [0.5, 0.6) is 0 Å². The van der Waals surface area contributed by atoms with Gasteiger partial charge in [-0.3, -0.25) is 4.79 Å². The third-order valence-electron chi connectivity index (χ3n) is 6.31. The monoisotopic (exact) mass is 431 g/mol.